The lowest BCUT2D eigenvalue weighted by Gasteiger charge is -1.96. The molecule has 0 aliphatic heterocycles. The van der Waals surface area contributed by atoms with Gasteiger partial charge in [0.05, 0.1) is 12.5 Å². The van der Waals surface area contributed by atoms with Gasteiger partial charge in [-0.1, -0.05) is 5.21 Å². The first-order valence-electron chi connectivity index (χ1n) is 4.62. The van der Waals surface area contributed by atoms with Crippen LogP contribution in [0.25, 0.3) is 0 Å². The van der Waals surface area contributed by atoms with Crippen LogP contribution in [-0.4, -0.2) is 32.0 Å². The van der Waals surface area contributed by atoms with Crippen molar-refractivity contribution in [3.63, 3.8) is 0 Å². The van der Waals surface area contributed by atoms with Gasteiger partial charge in [0.15, 0.2) is 11.6 Å². The van der Waals surface area contributed by atoms with E-state index in [0.29, 0.717) is 0 Å². The molecule has 88 valence electrons. The first-order chi connectivity index (χ1) is 8.15. The molecule has 0 aliphatic carbocycles. The number of nitrogens with zero attached hydrogens (tertiary/aromatic N) is 3. The van der Waals surface area contributed by atoms with Crippen LogP contribution in [0.5, 0.6) is 0 Å². The van der Waals surface area contributed by atoms with E-state index in [2.05, 4.69) is 15.6 Å². The Hall–Kier alpha value is -2.64. The van der Waals surface area contributed by atoms with Crippen molar-refractivity contribution in [3.05, 3.63) is 30.4 Å². The monoisotopic (exact) mass is 236 g/mol. The second kappa shape index (κ2) is 4.47. The van der Waals surface area contributed by atoms with Crippen LogP contribution in [0.2, 0.25) is 0 Å². The van der Waals surface area contributed by atoms with Crippen molar-refractivity contribution in [3.8, 4) is 0 Å². The third-order valence-electron chi connectivity index (χ3n) is 1.82. The summed E-state index contributed by atoms with van der Waals surface area (Å²) in [4.78, 5) is 21.9. The van der Waals surface area contributed by atoms with E-state index in [0.717, 1.165) is 4.68 Å². The van der Waals surface area contributed by atoms with E-state index in [1.165, 1.54) is 18.5 Å². The summed E-state index contributed by atoms with van der Waals surface area (Å²) in [7, 11) is 0. The van der Waals surface area contributed by atoms with Crippen LogP contribution in [0.4, 0.5) is 5.82 Å². The molecule has 2 rings (SSSR count). The molecule has 2 aromatic heterocycles. The average molecular weight is 236 g/mol. The van der Waals surface area contributed by atoms with Crippen molar-refractivity contribution in [2.24, 2.45) is 0 Å². The molecule has 0 radical (unpaired) electrons. The summed E-state index contributed by atoms with van der Waals surface area (Å²) in [6.07, 6.45) is 2.69. The number of aromatic nitrogens is 3. The first-order valence-corrected chi connectivity index (χ1v) is 4.62. The van der Waals surface area contributed by atoms with E-state index in [1.807, 2.05) is 0 Å². The van der Waals surface area contributed by atoms with Crippen LogP contribution in [0, 0.1) is 0 Å². The molecule has 0 spiro atoms. The van der Waals surface area contributed by atoms with Crippen LogP contribution in [0.15, 0.2) is 29.0 Å². The third-order valence-corrected chi connectivity index (χ3v) is 1.82. The van der Waals surface area contributed by atoms with E-state index < -0.39 is 11.9 Å². The van der Waals surface area contributed by atoms with E-state index in [1.54, 1.807) is 6.07 Å². The molecule has 0 aromatic carbocycles. The van der Waals surface area contributed by atoms with E-state index in [9.17, 15) is 9.59 Å². The van der Waals surface area contributed by atoms with E-state index in [-0.39, 0.29) is 18.1 Å². The first kappa shape index (κ1) is 10.9. The number of carbonyl (C=O) groups is 2. The van der Waals surface area contributed by atoms with Crippen LogP contribution in [0.3, 0.4) is 0 Å². The summed E-state index contributed by atoms with van der Waals surface area (Å²) in [5.41, 5.74) is 0. The highest BCUT2D eigenvalue weighted by Gasteiger charge is 2.11. The highest BCUT2D eigenvalue weighted by molar-refractivity contribution is 6.01. The number of carboxylic acids is 1. The zero-order valence-corrected chi connectivity index (χ0v) is 8.53. The van der Waals surface area contributed by atoms with Crippen LogP contribution < -0.4 is 5.32 Å². The number of carboxylic acid groups (broad SMARTS) is 1. The van der Waals surface area contributed by atoms with Gasteiger partial charge in [-0.15, -0.1) is 5.10 Å². The number of hydrogen-bond donors (Lipinski definition) is 2. The molecule has 0 atom stereocenters. The van der Waals surface area contributed by atoms with Gasteiger partial charge in [-0.3, -0.25) is 9.59 Å². The number of rotatable bonds is 4. The highest BCUT2D eigenvalue weighted by atomic mass is 16.4. The Balaban J connectivity index is 2.02. The maximum Gasteiger partial charge on any atom is 0.325 e. The summed E-state index contributed by atoms with van der Waals surface area (Å²) in [5.74, 6) is -1.22. The van der Waals surface area contributed by atoms with Crippen molar-refractivity contribution in [1.29, 1.82) is 0 Å². The van der Waals surface area contributed by atoms with Crippen molar-refractivity contribution in [1.82, 2.24) is 15.0 Å². The SMILES string of the molecule is O=C(O)Cn1cc(NC(=O)c2ccco2)nn1. The number of anilines is 1. The Morgan fingerprint density at radius 2 is 2.35 bits per heavy atom. The van der Waals surface area contributed by atoms with Gasteiger partial charge >= 0.3 is 5.97 Å². The molecule has 0 aliphatic rings. The fourth-order valence-electron chi connectivity index (χ4n) is 1.16. The summed E-state index contributed by atoms with van der Waals surface area (Å²) in [6, 6.07) is 3.08. The molecule has 8 heteroatoms. The molecule has 17 heavy (non-hydrogen) atoms. The molecule has 2 N–H and O–H groups in total. The molecule has 2 aromatic rings. The smallest absolute Gasteiger partial charge is 0.325 e. The second-order valence-corrected chi connectivity index (χ2v) is 3.13. The Morgan fingerprint density at radius 1 is 1.53 bits per heavy atom. The molecule has 8 nitrogen and oxygen atoms in total. The van der Waals surface area contributed by atoms with Crippen molar-refractivity contribution < 1.29 is 19.1 Å². The van der Waals surface area contributed by atoms with E-state index >= 15 is 0 Å². The van der Waals surface area contributed by atoms with Gasteiger partial charge < -0.3 is 14.8 Å². The topological polar surface area (TPSA) is 110 Å². The maximum atomic E-state index is 11.5. The summed E-state index contributed by atoms with van der Waals surface area (Å²) < 4.78 is 5.98. The van der Waals surface area contributed by atoms with Crippen LogP contribution in [-0.2, 0) is 11.3 Å². The summed E-state index contributed by atoms with van der Waals surface area (Å²) in [5, 5.41) is 18.1. The number of amides is 1. The minimum Gasteiger partial charge on any atom is -0.480 e. The van der Waals surface area contributed by atoms with Crippen LogP contribution >= 0.6 is 0 Å². The molecule has 0 bridgehead atoms. The van der Waals surface area contributed by atoms with Gasteiger partial charge in [0.1, 0.15) is 6.54 Å². The molecule has 0 fully saturated rings. The van der Waals surface area contributed by atoms with Gasteiger partial charge in [0.25, 0.3) is 5.91 Å². The number of hydrogen-bond acceptors (Lipinski definition) is 5. The standard InChI is InChI=1S/C9H8N4O4/c14-8(15)5-13-4-7(11-12-13)10-9(16)6-2-1-3-17-6/h1-4H,5H2,(H,10,16)(H,14,15). The molecular formula is C9H8N4O4. The summed E-state index contributed by atoms with van der Waals surface area (Å²) >= 11 is 0. The summed E-state index contributed by atoms with van der Waals surface area (Å²) in [6.45, 7) is -0.316. The Labute approximate surface area is 94.8 Å². The Bertz CT molecular complexity index is 531. The number of furan rings is 1. The lowest BCUT2D eigenvalue weighted by Crippen LogP contribution is -2.11. The van der Waals surface area contributed by atoms with Gasteiger partial charge in [0, 0.05) is 0 Å². The molecule has 0 unspecified atom stereocenters. The number of aliphatic carboxylic acids is 1. The number of nitrogens with one attached hydrogen (secondary N) is 1. The van der Waals surface area contributed by atoms with Gasteiger partial charge in [-0.2, -0.15) is 0 Å². The molecule has 0 saturated heterocycles. The van der Waals surface area contributed by atoms with Gasteiger partial charge in [0.2, 0.25) is 0 Å². The molecular weight excluding hydrogens is 228 g/mol. The Morgan fingerprint density at radius 3 is 3.00 bits per heavy atom. The fraction of sp³-hybridized carbons (Fsp3) is 0.111. The maximum absolute atomic E-state index is 11.5. The van der Waals surface area contributed by atoms with Crippen molar-refractivity contribution >= 4 is 17.7 Å². The van der Waals surface area contributed by atoms with E-state index in [4.69, 9.17) is 9.52 Å². The third kappa shape index (κ3) is 2.68. The second-order valence-electron chi connectivity index (χ2n) is 3.13. The Kier molecular flexibility index (Phi) is 2.86. The fourth-order valence-corrected chi connectivity index (χ4v) is 1.16. The average Bonchev–Trinajstić information content (AvgIpc) is 2.87. The van der Waals surface area contributed by atoms with Crippen LogP contribution in [0.1, 0.15) is 10.6 Å². The zero-order valence-electron chi connectivity index (χ0n) is 8.53. The highest BCUT2D eigenvalue weighted by Crippen LogP contribution is 2.05. The molecule has 2 heterocycles. The van der Waals surface area contributed by atoms with Gasteiger partial charge in [-0.05, 0) is 12.1 Å². The quantitative estimate of drug-likeness (QED) is 0.784. The number of carbonyl (C=O) groups excluding carboxylic acids is 1. The predicted octanol–water partition coefficient (Wildman–Crippen LogP) is 0.208. The molecule has 0 saturated carbocycles. The predicted molar refractivity (Wildman–Crippen MR) is 54.3 cm³/mol. The minimum absolute atomic E-state index is 0.137. The zero-order chi connectivity index (χ0) is 12.3. The van der Waals surface area contributed by atoms with Crippen molar-refractivity contribution in [2.45, 2.75) is 6.54 Å². The normalized spacial score (nSPS) is 10.1. The minimum atomic E-state index is -1.04. The molecule has 1 amide bonds. The van der Waals surface area contributed by atoms with Crippen molar-refractivity contribution in [2.75, 3.05) is 5.32 Å². The largest absolute Gasteiger partial charge is 0.480 e. The lowest BCUT2D eigenvalue weighted by molar-refractivity contribution is -0.137. The lowest BCUT2D eigenvalue weighted by atomic mass is 10.4. The van der Waals surface area contributed by atoms with Gasteiger partial charge in [-0.25, -0.2) is 4.68 Å².